The van der Waals surface area contributed by atoms with Gasteiger partial charge in [-0.25, -0.2) is 0 Å². The smallest absolute Gasteiger partial charge is 0.450 e. The van der Waals surface area contributed by atoms with Crippen LogP contribution in [0.2, 0.25) is 0 Å². The summed E-state index contributed by atoms with van der Waals surface area (Å²) in [7, 11) is 0. The highest BCUT2D eigenvalue weighted by Crippen LogP contribution is 2.39. The van der Waals surface area contributed by atoms with Gasteiger partial charge in [0.2, 0.25) is 11.2 Å². The van der Waals surface area contributed by atoms with Crippen LogP contribution >= 0.6 is 15.9 Å². The van der Waals surface area contributed by atoms with E-state index in [0.717, 1.165) is 0 Å². The SMILES string of the molecule is O=c1c(-c2ccc(Br)cc2)c(C(F)(F)F)oc2c(CN3CCN(CCO)CC3)c(O)ccc12. The first-order valence-corrected chi connectivity index (χ1v) is 11.2. The van der Waals surface area contributed by atoms with E-state index in [1.807, 2.05) is 4.90 Å². The number of hydrogen-bond acceptors (Lipinski definition) is 6. The lowest BCUT2D eigenvalue weighted by Crippen LogP contribution is -2.46. The molecule has 33 heavy (non-hydrogen) atoms. The van der Waals surface area contributed by atoms with Gasteiger partial charge in [0, 0.05) is 43.7 Å². The van der Waals surface area contributed by atoms with E-state index >= 15 is 0 Å². The molecule has 0 spiro atoms. The normalized spacial score (nSPS) is 15.9. The first-order chi connectivity index (χ1) is 15.7. The van der Waals surface area contributed by atoms with Crippen molar-refractivity contribution in [1.29, 1.82) is 0 Å². The molecule has 3 aromatic rings. The molecule has 0 radical (unpaired) electrons. The summed E-state index contributed by atoms with van der Waals surface area (Å²) >= 11 is 3.24. The lowest BCUT2D eigenvalue weighted by Gasteiger charge is -2.34. The number of piperazine rings is 1. The average Bonchev–Trinajstić information content (AvgIpc) is 2.77. The van der Waals surface area contributed by atoms with E-state index in [-0.39, 0.29) is 41.0 Å². The molecule has 2 heterocycles. The lowest BCUT2D eigenvalue weighted by atomic mass is 10.00. The first kappa shape index (κ1) is 23.7. The highest BCUT2D eigenvalue weighted by atomic mass is 79.9. The Morgan fingerprint density at radius 3 is 2.24 bits per heavy atom. The van der Waals surface area contributed by atoms with Gasteiger partial charge in [-0.3, -0.25) is 14.6 Å². The Morgan fingerprint density at radius 2 is 1.64 bits per heavy atom. The summed E-state index contributed by atoms with van der Waals surface area (Å²) in [5.74, 6) is -1.62. The number of phenolic OH excluding ortho intramolecular Hbond substituents is 1. The van der Waals surface area contributed by atoms with Gasteiger partial charge in [0.1, 0.15) is 11.3 Å². The Bertz CT molecular complexity index is 1200. The predicted molar refractivity (Wildman–Crippen MR) is 121 cm³/mol. The van der Waals surface area contributed by atoms with E-state index in [9.17, 15) is 23.1 Å². The maximum atomic E-state index is 14.0. The number of aliphatic hydroxyl groups excluding tert-OH is 1. The van der Waals surface area contributed by atoms with Gasteiger partial charge in [-0.1, -0.05) is 28.1 Å². The molecule has 1 fully saturated rings. The largest absolute Gasteiger partial charge is 0.507 e. The zero-order chi connectivity index (χ0) is 23.8. The molecule has 4 rings (SSSR count). The molecule has 1 aliphatic rings. The van der Waals surface area contributed by atoms with Crippen molar-refractivity contribution in [2.45, 2.75) is 12.7 Å². The number of nitrogens with zero attached hydrogens (tertiary/aromatic N) is 2. The molecule has 1 aromatic heterocycles. The van der Waals surface area contributed by atoms with Gasteiger partial charge < -0.3 is 14.6 Å². The van der Waals surface area contributed by atoms with Crippen LogP contribution in [-0.4, -0.2) is 59.3 Å². The van der Waals surface area contributed by atoms with Gasteiger partial charge in [0.05, 0.1) is 23.1 Å². The zero-order valence-electron chi connectivity index (χ0n) is 17.5. The number of hydrogen-bond donors (Lipinski definition) is 2. The third kappa shape index (κ3) is 4.93. The summed E-state index contributed by atoms with van der Waals surface area (Å²) in [5.41, 5.74) is -1.38. The van der Waals surface area contributed by atoms with Gasteiger partial charge in [-0.2, -0.15) is 13.2 Å². The van der Waals surface area contributed by atoms with Gasteiger partial charge in [0.25, 0.3) is 0 Å². The average molecular weight is 527 g/mol. The maximum absolute atomic E-state index is 14.0. The minimum Gasteiger partial charge on any atom is -0.507 e. The molecule has 176 valence electrons. The number of benzene rings is 2. The Hall–Kier alpha value is -2.40. The number of β-amino-alcohol motifs (C(OH)–C–C–N with tert-alkyl or cyclic N) is 1. The molecule has 2 aromatic carbocycles. The lowest BCUT2D eigenvalue weighted by molar-refractivity contribution is -0.152. The molecule has 0 bridgehead atoms. The first-order valence-electron chi connectivity index (χ1n) is 10.4. The molecule has 1 aliphatic heterocycles. The summed E-state index contributed by atoms with van der Waals surface area (Å²) in [4.78, 5) is 17.3. The third-order valence-corrected chi connectivity index (χ3v) is 6.32. The number of rotatable bonds is 5. The Morgan fingerprint density at radius 1 is 1.00 bits per heavy atom. The van der Waals surface area contributed by atoms with Crippen molar-refractivity contribution >= 4 is 26.9 Å². The standard InChI is InChI=1S/C23H22BrF3N2O4/c24-15-3-1-14(2-4-15)19-20(32)16-5-6-18(31)17(21(16)33-22(19)23(25,26)27)13-29-9-7-28(8-10-29)11-12-30/h1-6,30-31H,7-13H2. The van der Waals surface area contributed by atoms with Gasteiger partial charge in [-0.05, 0) is 29.8 Å². The van der Waals surface area contributed by atoms with Crippen LogP contribution in [-0.2, 0) is 12.7 Å². The van der Waals surface area contributed by atoms with Crippen LogP contribution < -0.4 is 5.43 Å². The van der Waals surface area contributed by atoms with Crippen LogP contribution in [0, 0.1) is 0 Å². The third-order valence-electron chi connectivity index (χ3n) is 5.79. The molecule has 0 unspecified atom stereocenters. The van der Waals surface area contributed by atoms with E-state index in [1.165, 1.54) is 24.3 Å². The molecule has 10 heteroatoms. The van der Waals surface area contributed by atoms with Crippen molar-refractivity contribution in [3.05, 3.63) is 62.4 Å². The highest BCUT2D eigenvalue weighted by molar-refractivity contribution is 9.10. The number of phenols is 1. The molecule has 1 saturated heterocycles. The van der Waals surface area contributed by atoms with Crippen LogP contribution in [0.4, 0.5) is 13.2 Å². The molecule has 2 N–H and O–H groups in total. The van der Waals surface area contributed by atoms with E-state index in [4.69, 9.17) is 9.52 Å². The number of aliphatic hydroxyl groups is 1. The molecule has 0 aliphatic carbocycles. The molecule has 0 atom stereocenters. The van der Waals surface area contributed by atoms with Crippen molar-refractivity contribution < 1.29 is 27.8 Å². The summed E-state index contributed by atoms with van der Waals surface area (Å²) in [6.45, 7) is 3.29. The van der Waals surface area contributed by atoms with Crippen LogP contribution in [0.5, 0.6) is 5.75 Å². The predicted octanol–water partition coefficient (Wildman–Crippen LogP) is 4.06. The topological polar surface area (TPSA) is 77.2 Å². The monoisotopic (exact) mass is 526 g/mol. The minimum atomic E-state index is -4.91. The number of halogens is 4. The van der Waals surface area contributed by atoms with E-state index < -0.39 is 22.9 Å². The number of fused-ring (bicyclic) bond motifs is 1. The van der Waals surface area contributed by atoms with Crippen LogP contribution in [0.25, 0.3) is 22.1 Å². The summed E-state index contributed by atoms with van der Waals surface area (Å²) in [6, 6.07) is 8.56. The Balaban J connectivity index is 1.82. The zero-order valence-corrected chi connectivity index (χ0v) is 19.1. The Kier molecular flexibility index (Phi) is 6.81. The Labute approximate surface area is 196 Å². The fraction of sp³-hybridized carbons (Fsp3) is 0.348. The van der Waals surface area contributed by atoms with Crippen molar-refractivity contribution in [1.82, 2.24) is 9.80 Å². The fourth-order valence-electron chi connectivity index (χ4n) is 4.07. The second-order valence-corrected chi connectivity index (χ2v) is 8.84. The van der Waals surface area contributed by atoms with Gasteiger partial charge in [-0.15, -0.1) is 0 Å². The van der Waals surface area contributed by atoms with Gasteiger partial charge in [0.15, 0.2) is 0 Å². The molecular weight excluding hydrogens is 505 g/mol. The summed E-state index contributed by atoms with van der Waals surface area (Å²) < 4.78 is 48.0. The maximum Gasteiger partial charge on any atom is 0.450 e. The highest BCUT2D eigenvalue weighted by Gasteiger charge is 2.40. The van der Waals surface area contributed by atoms with E-state index in [1.54, 1.807) is 12.1 Å². The van der Waals surface area contributed by atoms with Crippen molar-refractivity contribution in [2.75, 3.05) is 39.3 Å². The molecule has 6 nitrogen and oxygen atoms in total. The fourth-order valence-corrected chi connectivity index (χ4v) is 4.34. The summed E-state index contributed by atoms with van der Waals surface area (Å²) in [6.07, 6.45) is -4.91. The van der Waals surface area contributed by atoms with Crippen molar-refractivity contribution in [3.8, 4) is 16.9 Å². The summed E-state index contributed by atoms with van der Waals surface area (Å²) in [5, 5.41) is 19.5. The second kappa shape index (κ2) is 9.46. The second-order valence-electron chi connectivity index (χ2n) is 7.92. The van der Waals surface area contributed by atoms with Crippen molar-refractivity contribution in [3.63, 3.8) is 0 Å². The van der Waals surface area contributed by atoms with Crippen LogP contribution in [0.1, 0.15) is 11.3 Å². The minimum absolute atomic E-state index is 0.0207. The number of alkyl halides is 3. The van der Waals surface area contributed by atoms with E-state index in [0.29, 0.717) is 37.2 Å². The van der Waals surface area contributed by atoms with E-state index in [2.05, 4.69) is 20.8 Å². The molecular formula is C23H22BrF3N2O4. The van der Waals surface area contributed by atoms with Crippen LogP contribution in [0.15, 0.2) is 50.1 Å². The number of aromatic hydroxyl groups is 1. The molecule has 0 amide bonds. The molecule has 0 saturated carbocycles. The quantitative estimate of drug-likeness (QED) is 0.522. The van der Waals surface area contributed by atoms with Crippen LogP contribution in [0.3, 0.4) is 0 Å². The van der Waals surface area contributed by atoms with Gasteiger partial charge >= 0.3 is 6.18 Å². The van der Waals surface area contributed by atoms with Crippen molar-refractivity contribution in [2.24, 2.45) is 0 Å².